The van der Waals surface area contributed by atoms with Gasteiger partial charge in [-0.2, -0.15) is 10.4 Å². The van der Waals surface area contributed by atoms with Gasteiger partial charge in [-0.3, -0.25) is 4.79 Å². The third-order valence-corrected chi connectivity index (χ3v) is 4.47. The molecule has 3 heterocycles. The van der Waals surface area contributed by atoms with Crippen molar-refractivity contribution < 1.29 is 4.74 Å². The number of hydrogen-bond donors (Lipinski definition) is 1. The predicted molar refractivity (Wildman–Crippen MR) is 84.5 cm³/mol. The smallest absolute Gasteiger partial charge is 0.267 e. The van der Waals surface area contributed by atoms with E-state index in [1.807, 2.05) is 6.07 Å². The lowest BCUT2D eigenvalue weighted by Crippen LogP contribution is -2.38. The predicted octanol–water partition coefficient (Wildman–Crippen LogP) is 0.446. The molecule has 2 aromatic heterocycles. The number of nitriles is 1. The number of aromatic nitrogens is 4. The van der Waals surface area contributed by atoms with E-state index in [1.54, 1.807) is 6.07 Å². The quantitative estimate of drug-likeness (QED) is 0.873. The molecule has 0 radical (unpaired) electrons. The Morgan fingerprint density at radius 3 is 3.04 bits per heavy atom. The number of rotatable bonds is 3. The number of hydrogen-bond acceptors (Lipinski definition) is 7. The van der Waals surface area contributed by atoms with Crippen molar-refractivity contribution in [3.63, 3.8) is 0 Å². The zero-order chi connectivity index (χ0) is 16.5. The molecule has 24 heavy (non-hydrogen) atoms. The van der Waals surface area contributed by atoms with E-state index in [9.17, 15) is 4.79 Å². The second-order valence-corrected chi connectivity index (χ2v) is 5.97. The van der Waals surface area contributed by atoms with Crippen LogP contribution in [0.15, 0.2) is 23.3 Å². The van der Waals surface area contributed by atoms with Gasteiger partial charge in [-0.1, -0.05) is 0 Å². The molecule has 1 saturated heterocycles. The van der Waals surface area contributed by atoms with Crippen LogP contribution in [0.5, 0.6) is 0 Å². The van der Waals surface area contributed by atoms with Gasteiger partial charge in [0.15, 0.2) is 11.5 Å². The van der Waals surface area contributed by atoms with Crippen molar-refractivity contribution >= 4 is 5.82 Å². The van der Waals surface area contributed by atoms with Crippen LogP contribution in [0.4, 0.5) is 5.82 Å². The molecule has 8 heteroatoms. The molecule has 1 N–H and O–H groups in total. The van der Waals surface area contributed by atoms with Gasteiger partial charge < -0.3 is 10.1 Å². The summed E-state index contributed by atoms with van der Waals surface area (Å²) in [5, 5.41) is 16.9. The fourth-order valence-corrected chi connectivity index (χ4v) is 3.28. The zero-order valence-electron chi connectivity index (χ0n) is 13.0. The maximum atomic E-state index is 12.4. The van der Waals surface area contributed by atoms with Gasteiger partial charge in [0, 0.05) is 18.5 Å². The monoisotopic (exact) mass is 324 g/mol. The van der Waals surface area contributed by atoms with E-state index in [2.05, 4.69) is 20.4 Å². The molecule has 2 aliphatic rings. The lowest BCUT2D eigenvalue weighted by Gasteiger charge is -2.21. The topological polar surface area (TPSA) is 106 Å². The van der Waals surface area contributed by atoms with Gasteiger partial charge in [0.05, 0.1) is 24.9 Å². The summed E-state index contributed by atoms with van der Waals surface area (Å²) in [6.07, 6.45) is 5.86. The SMILES string of the molecule is N#Cc1nccnc1NC1COCC1n1nc2c(cc1=O)CCC2. The first-order valence-electron chi connectivity index (χ1n) is 7.93. The minimum absolute atomic E-state index is 0.113. The molecule has 0 amide bonds. The molecule has 122 valence electrons. The van der Waals surface area contributed by atoms with Gasteiger partial charge in [-0.25, -0.2) is 14.6 Å². The summed E-state index contributed by atoms with van der Waals surface area (Å²) in [6.45, 7) is 0.808. The lowest BCUT2D eigenvalue weighted by atomic mass is 10.1. The highest BCUT2D eigenvalue weighted by Gasteiger charge is 2.33. The Balaban J connectivity index is 1.64. The minimum Gasteiger partial charge on any atom is -0.377 e. The van der Waals surface area contributed by atoms with Gasteiger partial charge >= 0.3 is 0 Å². The molecule has 2 atom stereocenters. The molecule has 0 aromatic carbocycles. The standard InChI is InChI=1S/C16H16N6O2/c17-7-12-16(19-5-4-18-12)20-13-8-24-9-14(13)22-15(23)6-10-2-1-3-11(10)21-22/h4-6,13-14H,1-3,8-9H2,(H,19,20). The summed E-state index contributed by atoms with van der Waals surface area (Å²) >= 11 is 0. The van der Waals surface area contributed by atoms with Crippen LogP contribution in [-0.4, -0.2) is 39.0 Å². The molecule has 0 saturated carbocycles. The fraction of sp³-hybridized carbons (Fsp3) is 0.438. The third kappa shape index (κ3) is 2.53. The summed E-state index contributed by atoms with van der Waals surface area (Å²) in [4.78, 5) is 20.6. The molecule has 1 fully saturated rings. The molecular weight excluding hydrogens is 308 g/mol. The Morgan fingerprint density at radius 1 is 1.29 bits per heavy atom. The molecule has 2 aromatic rings. The molecule has 4 rings (SSSR count). The van der Waals surface area contributed by atoms with Crippen molar-refractivity contribution in [2.45, 2.75) is 31.3 Å². The highest BCUT2D eigenvalue weighted by Crippen LogP contribution is 2.24. The van der Waals surface area contributed by atoms with E-state index in [1.165, 1.54) is 17.1 Å². The molecule has 8 nitrogen and oxygen atoms in total. The average molecular weight is 324 g/mol. The summed E-state index contributed by atoms with van der Waals surface area (Å²) in [7, 11) is 0. The first-order valence-corrected chi connectivity index (χ1v) is 7.93. The molecule has 0 bridgehead atoms. The zero-order valence-corrected chi connectivity index (χ0v) is 13.0. The van der Waals surface area contributed by atoms with Crippen LogP contribution in [0.3, 0.4) is 0 Å². The highest BCUT2D eigenvalue weighted by atomic mass is 16.5. The Hall–Kier alpha value is -2.79. The third-order valence-electron chi connectivity index (χ3n) is 4.47. The molecule has 2 unspecified atom stereocenters. The molecule has 0 spiro atoms. The van der Waals surface area contributed by atoms with Crippen LogP contribution in [0, 0.1) is 11.3 Å². The second kappa shape index (κ2) is 6.02. The van der Waals surface area contributed by atoms with E-state index in [0.29, 0.717) is 19.0 Å². The Kier molecular flexibility index (Phi) is 3.70. The number of anilines is 1. The highest BCUT2D eigenvalue weighted by molar-refractivity contribution is 5.47. The van der Waals surface area contributed by atoms with Crippen LogP contribution >= 0.6 is 0 Å². The van der Waals surface area contributed by atoms with Crippen molar-refractivity contribution in [2.75, 3.05) is 18.5 Å². The molecule has 1 aliphatic carbocycles. The number of nitrogens with one attached hydrogen (secondary N) is 1. The normalized spacial score (nSPS) is 22.1. The first-order chi connectivity index (χ1) is 11.8. The van der Waals surface area contributed by atoms with Crippen LogP contribution in [0.2, 0.25) is 0 Å². The van der Waals surface area contributed by atoms with Crippen molar-refractivity contribution in [3.05, 3.63) is 45.8 Å². The Bertz CT molecular complexity index is 872. The lowest BCUT2D eigenvalue weighted by molar-refractivity contribution is 0.182. The van der Waals surface area contributed by atoms with Gasteiger partial charge in [-0.15, -0.1) is 0 Å². The van der Waals surface area contributed by atoms with Crippen LogP contribution in [0.25, 0.3) is 0 Å². The van der Waals surface area contributed by atoms with Crippen molar-refractivity contribution in [1.29, 1.82) is 5.26 Å². The van der Waals surface area contributed by atoms with Crippen molar-refractivity contribution in [1.82, 2.24) is 19.7 Å². The largest absolute Gasteiger partial charge is 0.377 e. The Morgan fingerprint density at radius 2 is 2.17 bits per heavy atom. The van der Waals surface area contributed by atoms with Gasteiger partial charge in [0.2, 0.25) is 0 Å². The van der Waals surface area contributed by atoms with Crippen molar-refractivity contribution in [2.24, 2.45) is 0 Å². The van der Waals surface area contributed by atoms with Crippen LogP contribution < -0.4 is 10.9 Å². The average Bonchev–Trinajstić information content (AvgIpc) is 3.23. The van der Waals surface area contributed by atoms with Crippen LogP contribution in [0.1, 0.15) is 29.4 Å². The van der Waals surface area contributed by atoms with Crippen LogP contribution in [-0.2, 0) is 17.6 Å². The minimum atomic E-state index is -0.239. The maximum Gasteiger partial charge on any atom is 0.267 e. The van der Waals surface area contributed by atoms with E-state index in [-0.39, 0.29) is 23.3 Å². The van der Waals surface area contributed by atoms with E-state index < -0.39 is 0 Å². The second-order valence-electron chi connectivity index (χ2n) is 5.97. The maximum absolute atomic E-state index is 12.4. The van der Waals surface area contributed by atoms with E-state index in [0.717, 1.165) is 30.5 Å². The number of ether oxygens (including phenoxy) is 1. The van der Waals surface area contributed by atoms with E-state index in [4.69, 9.17) is 10.00 Å². The number of fused-ring (bicyclic) bond motifs is 1. The fourth-order valence-electron chi connectivity index (χ4n) is 3.28. The van der Waals surface area contributed by atoms with Gasteiger partial charge in [-0.05, 0) is 24.8 Å². The van der Waals surface area contributed by atoms with Gasteiger partial charge in [0.25, 0.3) is 5.56 Å². The summed E-state index contributed by atoms with van der Waals surface area (Å²) in [6, 6.07) is 3.26. The first kappa shape index (κ1) is 14.8. The van der Waals surface area contributed by atoms with E-state index >= 15 is 0 Å². The Labute approximate surface area is 138 Å². The number of nitrogens with zero attached hydrogens (tertiary/aromatic N) is 5. The summed E-state index contributed by atoms with van der Waals surface area (Å²) < 4.78 is 7.06. The molecule has 1 aliphatic heterocycles. The number of aryl methyl sites for hydroxylation is 2. The summed E-state index contributed by atoms with van der Waals surface area (Å²) in [5.74, 6) is 0.398. The van der Waals surface area contributed by atoms with Gasteiger partial charge in [0.1, 0.15) is 12.1 Å². The summed E-state index contributed by atoms with van der Waals surface area (Å²) in [5.41, 5.74) is 2.16. The van der Waals surface area contributed by atoms with Crippen molar-refractivity contribution in [3.8, 4) is 6.07 Å². The molecular formula is C16H16N6O2.